The zero-order valence-electron chi connectivity index (χ0n) is 24.3. The van der Waals surface area contributed by atoms with Crippen molar-refractivity contribution in [2.75, 3.05) is 0 Å². The van der Waals surface area contributed by atoms with Gasteiger partial charge in [-0.2, -0.15) is 10.0 Å². The SMILES string of the molecule is C.C.C.C=C(C)c1ccccc1.CC(C)(c1ccccc1)n1nnc(Cc2ccccc2)n1.c1ccc(Cc2nn[nH]n2)cc1. The number of H-pyrrole nitrogens is 1. The molecular weight excluding hydrogens is 556 g/mol. The van der Waals surface area contributed by atoms with Gasteiger partial charge >= 0.3 is 0 Å². The lowest BCUT2D eigenvalue weighted by Crippen LogP contribution is -2.30. The zero-order chi connectivity index (χ0) is 29.6. The van der Waals surface area contributed by atoms with Gasteiger partial charge in [0.1, 0.15) is 5.54 Å². The second-order valence-corrected chi connectivity index (χ2v) is 10.2. The number of nitrogens with zero attached hydrogens (tertiary/aromatic N) is 7. The maximum atomic E-state index is 4.55. The van der Waals surface area contributed by atoms with E-state index in [0.717, 1.165) is 29.2 Å². The minimum atomic E-state index is -0.316. The van der Waals surface area contributed by atoms with Gasteiger partial charge < -0.3 is 0 Å². The Labute approximate surface area is 269 Å². The van der Waals surface area contributed by atoms with E-state index in [4.69, 9.17) is 0 Å². The van der Waals surface area contributed by atoms with Crippen molar-refractivity contribution in [3.8, 4) is 0 Å². The van der Waals surface area contributed by atoms with Gasteiger partial charge in [0, 0.05) is 12.8 Å². The van der Waals surface area contributed by atoms with Gasteiger partial charge in [-0.05, 0) is 48.2 Å². The number of rotatable bonds is 7. The Hall–Kier alpha value is -5.24. The number of tetrazole rings is 2. The molecule has 0 saturated heterocycles. The molecule has 0 atom stereocenters. The Balaban J connectivity index is 0.000000361. The first kappa shape index (κ1) is 37.8. The molecule has 8 heteroatoms. The first-order chi connectivity index (χ1) is 20.4. The molecular formula is C37H48N8. The summed E-state index contributed by atoms with van der Waals surface area (Å²) < 4.78 is 0. The summed E-state index contributed by atoms with van der Waals surface area (Å²) in [5, 5.41) is 26.6. The van der Waals surface area contributed by atoms with Crippen molar-refractivity contribution in [2.45, 2.75) is 61.4 Å². The fourth-order valence-electron chi connectivity index (χ4n) is 4.05. The Morgan fingerprint density at radius 1 is 0.667 bits per heavy atom. The normalized spacial score (nSPS) is 9.84. The summed E-state index contributed by atoms with van der Waals surface area (Å²) >= 11 is 0. The van der Waals surface area contributed by atoms with Crippen molar-refractivity contribution in [3.63, 3.8) is 0 Å². The average molecular weight is 605 g/mol. The Morgan fingerprint density at radius 3 is 1.58 bits per heavy atom. The first-order valence-corrected chi connectivity index (χ1v) is 13.8. The van der Waals surface area contributed by atoms with E-state index in [-0.39, 0.29) is 27.8 Å². The maximum Gasteiger partial charge on any atom is 0.179 e. The van der Waals surface area contributed by atoms with Crippen molar-refractivity contribution in [3.05, 3.63) is 162 Å². The van der Waals surface area contributed by atoms with Crippen molar-refractivity contribution >= 4 is 5.57 Å². The molecule has 1 N–H and O–H groups in total. The number of aromatic nitrogens is 8. The Morgan fingerprint density at radius 2 is 1.13 bits per heavy atom. The lowest BCUT2D eigenvalue weighted by Gasteiger charge is -2.23. The highest BCUT2D eigenvalue weighted by molar-refractivity contribution is 5.60. The monoisotopic (exact) mass is 604 g/mol. The third-order valence-electron chi connectivity index (χ3n) is 6.50. The minimum Gasteiger partial charge on any atom is -0.177 e. The molecule has 6 aromatic rings. The van der Waals surface area contributed by atoms with Crippen LogP contribution in [-0.2, 0) is 18.4 Å². The Kier molecular flexibility index (Phi) is 16.1. The molecule has 0 fully saturated rings. The maximum absolute atomic E-state index is 4.55. The molecule has 8 nitrogen and oxygen atoms in total. The van der Waals surface area contributed by atoms with E-state index in [2.05, 4.69) is 92.9 Å². The number of hydrogen-bond donors (Lipinski definition) is 1. The molecule has 0 aliphatic heterocycles. The van der Waals surface area contributed by atoms with Crippen LogP contribution < -0.4 is 0 Å². The van der Waals surface area contributed by atoms with E-state index >= 15 is 0 Å². The van der Waals surface area contributed by atoms with E-state index < -0.39 is 0 Å². The number of hydrogen-bond acceptors (Lipinski definition) is 6. The van der Waals surface area contributed by atoms with E-state index in [0.29, 0.717) is 6.42 Å². The summed E-state index contributed by atoms with van der Waals surface area (Å²) in [6.45, 7) is 10.0. The predicted molar refractivity (Wildman–Crippen MR) is 187 cm³/mol. The van der Waals surface area contributed by atoms with Gasteiger partial charge in [-0.1, -0.05) is 161 Å². The number of allylic oxidation sites excluding steroid dienone is 1. The van der Waals surface area contributed by atoms with Crippen LogP contribution in [0.4, 0.5) is 0 Å². The molecule has 236 valence electrons. The summed E-state index contributed by atoms with van der Waals surface area (Å²) in [5.74, 6) is 1.46. The molecule has 6 rings (SSSR count). The van der Waals surface area contributed by atoms with E-state index in [1.807, 2.05) is 91.9 Å². The third-order valence-corrected chi connectivity index (χ3v) is 6.50. The van der Waals surface area contributed by atoms with Gasteiger partial charge in [0.15, 0.2) is 11.6 Å². The van der Waals surface area contributed by atoms with Gasteiger partial charge in [0.2, 0.25) is 0 Å². The topological polar surface area (TPSA) is 98.1 Å². The lowest BCUT2D eigenvalue weighted by atomic mass is 9.95. The molecule has 0 spiro atoms. The highest BCUT2D eigenvalue weighted by Crippen LogP contribution is 2.23. The average Bonchev–Trinajstić information content (AvgIpc) is 3.73. The molecule has 0 bridgehead atoms. The van der Waals surface area contributed by atoms with Crippen molar-refractivity contribution in [2.24, 2.45) is 0 Å². The molecule has 0 amide bonds. The van der Waals surface area contributed by atoms with Crippen molar-refractivity contribution in [1.82, 2.24) is 40.8 Å². The number of benzene rings is 4. The predicted octanol–water partition coefficient (Wildman–Crippen LogP) is 8.47. The molecule has 2 aromatic heterocycles. The molecule has 45 heavy (non-hydrogen) atoms. The molecule has 0 radical (unpaired) electrons. The minimum absolute atomic E-state index is 0. The summed E-state index contributed by atoms with van der Waals surface area (Å²) in [5.41, 5.74) is 5.57. The van der Waals surface area contributed by atoms with Crippen molar-refractivity contribution < 1.29 is 0 Å². The second kappa shape index (κ2) is 19.1. The van der Waals surface area contributed by atoms with Crippen LogP contribution in [0.1, 0.15) is 77.0 Å². The third kappa shape index (κ3) is 11.8. The smallest absolute Gasteiger partial charge is 0.177 e. The van der Waals surface area contributed by atoms with Gasteiger partial charge in [-0.25, -0.2) is 0 Å². The molecule has 0 aliphatic rings. The quantitative estimate of drug-likeness (QED) is 0.196. The summed E-state index contributed by atoms with van der Waals surface area (Å²) in [6.07, 6.45) is 1.43. The highest BCUT2D eigenvalue weighted by Gasteiger charge is 2.25. The number of aromatic amines is 1. The zero-order valence-corrected chi connectivity index (χ0v) is 24.3. The standard InChI is InChI=1S/C17H18N4.C9H10.C8H8N4.3CH4/c1-17(2,15-11-7-4-8-12-15)21-19-16(18-20-21)13-14-9-5-3-6-10-14;1-8(2)9-6-4-3-5-7-9;1-2-4-7(5-3-1)6-8-9-11-12-10-8;;;/h3-12H,13H2,1-2H3;3-7H,1H2,2H3;1-5H,6H2,(H,9,10,11,12);3*1H4. The van der Waals surface area contributed by atoms with Gasteiger partial charge in [-0.15, -0.1) is 20.4 Å². The largest absolute Gasteiger partial charge is 0.179 e. The van der Waals surface area contributed by atoms with Crippen LogP contribution in [0.3, 0.4) is 0 Å². The second-order valence-electron chi connectivity index (χ2n) is 10.2. The van der Waals surface area contributed by atoms with Crippen LogP contribution in [0.15, 0.2) is 128 Å². The van der Waals surface area contributed by atoms with Gasteiger partial charge in [0.05, 0.1) is 0 Å². The number of nitrogens with one attached hydrogen (secondary N) is 1. The molecule has 4 aromatic carbocycles. The molecule has 0 unspecified atom stereocenters. The van der Waals surface area contributed by atoms with Gasteiger partial charge in [-0.3, -0.25) is 0 Å². The van der Waals surface area contributed by atoms with Crippen LogP contribution in [0, 0.1) is 0 Å². The fourth-order valence-corrected chi connectivity index (χ4v) is 4.05. The van der Waals surface area contributed by atoms with Crippen LogP contribution >= 0.6 is 0 Å². The fraction of sp³-hybridized carbons (Fsp3) is 0.243. The van der Waals surface area contributed by atoms with Crippen LogP contribution in [0.2, 0.25) is 0 Å². The lowest BCUT2D eigenvalue weighted by molar-refractivity contribution is 0.335. The van der Waals surface area contributed by atoms with E-state index in [1.54, 1.807) is 4.80 Å². The summed E-state index contributed by atoms with van der Waals surface area (Å²) in [7, 11) is 0. The van der Waals surface area contributed by atoms with Crippen LogP contribution in [-0.4, -0.2) is 40.8 Å². The molecule has 0 saturated carbocycles. The molecule has 2 heterocycles. The Bertz CT molecular complexity index is 1600. The van der Waals surface area contributed by atoms with Crippen molar-refractivity contribution in [1.29, 1.82) is 0 Å². The highest BCUT2D eigenvalue weighted by atomic mass is 15.6. The van der Waals surface area contributed by atoms with E-state index in [9.17, 15) is 0 Å². The summed E-state index contributed by atoms with van der Waals surface area (Å²) in [4.78, 5) is 1.70. The van der Waals surface area contributed by atoms with E-state index in [1.165, 1.54) is 16.7 Å². The molecule has 0 aliphatic carbocycles. The van der Waals surface area contributed by atoms with Crippen LogP contribution in [0.25, 0.3) is 5.57 Å². The summed E-state index contributed by atoms with van der Waals surface area (Å²) in [6, 6.07) is 40.6. The van der Waals surface area contributed by atoms with Gasteiger partial charge in [0.25, 0.3) is 0 Å². The van der Waals surface area contributed by atoms with Crippen LogP contribution in [0.5, 0.6) is 0 Å². The first-order valence-electron chi connectivity index (χ1n) is 13.8.